The lowest BCUT2D eigenvalue weighted by atomic mass is 10.0. The van der Waals surface area contributed by atoms with Gasteiger partial charge in [-0.15, -0.1) is 0 Å². The van der Waals surface area contributed by atoms with Crippen LogP contribution in [0.5, 0.6) is 0 Å². The fourth-order valence-corrected chi connectivity index (χ4v) is 3.85. The van der Waals surface area contributed by atoms with Crippen molar-refractivity contribution in [3.63, 3.8) is 0 Å². The highest BCUT2D eigenvalue weighted by atomic mass is 28.4. The molecule has 148 valence electrons. The highest BCUT2D eigenvalue weighted by molar-refractivity contribution is 6.74. The maximum atomic E-state index is 9.84. The van der Waals surface area contributed by atoms with Crippen LogP contribution in [0.4, 0.5) is 0 Å². The van der Waals surface area contributed by atoms with Crippen molar-refractivity contribution < 1.29 is 23.7 Å². The maximum Gasteiger partial charge on any atom is 0.192 e. The third-order valence-electron chi connectivity index (χ3n) is 5.59. The summed E-state index contributed by atoms with van der Waals surface area (Å²) in [5.41, 5.74) is 1.09. The third-order valence-corrected chi connectivity index (χ3v) is 10.1. The molecule has 1 aliphatic heterocycles. The highest BCUT2D eigenvalue weighted by Gasteiger charge is 2.47. The summed E-state index contributed by atoms with van der Waals surface area (Å²) in [4.78, 5) is 0. The average Bonchev–Trinajstić information content (AvgIpc) is 2.95. The zero-order valence-electron chi connectivity index (χ0n) is 16.9. The molecule has 0 saturated carbocycles. The van der Waals surface area contributed by atoms with E-state index in [0.29, 0.717) is 13.2 Å². The molecule has 1 aliphatic rings. The first kappa shape index (κ1) is 21.5. The van der Waals surface area contributed by atoms with Crippen molar-refractivity contribution >= 4 is 8.32 Å². The molecule has 0 radical (unpaired) electrons. The number of hydrogen-bond acceptors (Lipinski definition) is 5. The van der Waals surface area contributed by atoms with Gasteiger partial charge in [-0.2, -0.15) is 0 Å². The van der Waals surface area contributed by atoms with Crippen LogP contribution in [0, 0.1) is 5.92 Å². The van der Waals surface area contributed by atoms with E-state index >= 15 is 0 Å². The van der Waals surface area contributed by atoms with Gasteiger partial charge in [0.15, 0.2) is 14.6 Å². The molecule has 1 aromatic carbocycles. The van der Waals surface area contributed by atoms with Crippen molar-refractivity contribution in [2.45, 2.75) is 64.0 Å². The van der Waals surface area contributed by atoms with Gasteiger partial charge in [-0.25, -0.2) is 0 Å². The van der Waals surface area contributed by atoms with E-state index in [4.69, 9.17) is 18.6 Å². The molecule has 0 bridgehead atoms. The average molecular weight is 383 g/mol. The number of ether oxygens (including phenoxy) is 3. The Morgan fingerprint density at radius 2 is 1.81 bits per heavy atom. The molecule has 2 rings (SSSR count). The molecule has 0 aliphatic carbocycles. The van der Waals surface area contributed by atoms with Gasteiger partial charge in [-0.1, -0.05) is 51.1 Å². The lowest BCUT2D eigenvalue weighted by Crippen LogP contribution is -2.44. The second-order valence-electron chi connectivity index (χ2n) is 8.46. The number of hydrogen-bond donors (Lipinski definition) is 1. The Hall–Kier alpha value is -0.763. The summed E-state index contributed by atoms with van der Waals surface area (Å²) in [6, 6.07) is 10.0. The Balaban J connectivity index is 2.06. The van der Waals surface area contributed by atoms with E-state index in [1.807, 2.05) is 30.3 Å². The lowest BCUT2D eigenvalue weighted by molar-refractivity contribution is -0.142. The van der Waals surface area contributed by atoms with Crippen LogP contribution in [0.25, 0.3) is 0 Å². The van der Waals surface area contributed by atoms with Crippen LogP contribution in [-0.4, -0.2) is 52.2 Å². The second-order valence-corrected chi connectivity index (χ2v) is 13.3. The van der Waals surface area contributed by atoms with Gasteiger partial charge in [0.1, 0.15) is 6.10 Å². The quantitative estimate of drug-likeness (QED) is 0.697. The van der Waals surface area contributed by atoms with Gasteiger partial charge in [0.05, 0.1) is 31.8 Å². The topological polar surface area (TPSA) is 57.2 Å². The fourth-order valence-electron chi connectivity index (χ4n) is 2.84. The zero-order chi connectivity index (χ0) is 19.4. The van der Waals surface area contributed by atoms with Crippen LogP contribution in [0.1, 0.15) is 26.3 Å². The van der Waals surface area contributed by atoms with Gasteiger partial charge >= 0.3 is 0 Å². The van der Waals surface area contributed by atoms with Crippen LogP contribution in [0.2, 0.25) is 18.1 Å². The smallest absolute Gasteiger partial charge is 0.192 e. The van der Waals surface area contributed by atoms with E-state index in [-0.39, 0.29) is 29.8 Å². The lowest BCUT2D eigenvalue weighted by Gasteiger charge is -2.37. The Morgan fingerprint density at radius 3 is 2.35 bits per heavy atom. The molecule has 1 N–H and O–H groups in total. The maximum absolute atomic E-state index is 9.84. The molecule has 0 amide bonds. The first-order chi connectivity index (χ1) is 12.2. The Morgan fingerprint density at radius 1 is 1.15 bits per heavy atom. The molecule has 1 unspecified atom stereocenters. The predicted molar refractivity (Wildman–Crippen MR) is 104 cm³/mol. The largest absolute Gasteiger partial charge is 0.414 e. The Kier molecular flexibility index (Phi) is 7.41. The SMILES string of the molecule is COC1O[C@H](CO[Si](C)(C)C(C)(C)C)[C@@H](OCc2ccccc2)[C@H]1CO. The van der Waals surface area contributed by atoms with Gasteiger partial charge in [0.25, 0.3) is 0 Å². The van der Waals surface area contributed by atoms with Crippen molar-refractivity contribution in [1.29, 1.82) is 0 Å². The molecule has 5 nitrogen and oxygen atoms in total. The van der Waals surface area contributed by atoms with E-state index in [1.165, 1.54) is 0 Å². The molecule has 4 atom stereocenters. The van der Waals surface area contributed by atoms with E-state index in [2.05, 4.69) is 33.9 Å². The molecular weight excluding hydrogens is 348 g/mol. The van der Waals surface area contributed by atoms with Gasteiger partial charge in [0, 0.05) is 7.11 Å². The molecule has 1 saturated heterocycles. The van der Waals surface area contributed by atoms with Crippen LogP contribution in [-0.2, 0) is 25.2 Å². The van der Waals surface area contributed by atoms with E-state index in [1.54, 1.807) is 7.11 Å². The van der Waals surface area contributed by atoms with Gasteiger partial charge < -0.3 is 23.7 Å². The molecule has 0 aromatic heterocycles. The first-order valence-corrected chi connectivity index (χ1v) is 12.2. The predicted octanol–water partition coefficient (Wildman–Crippen LogP) is 3.57. The van der Waals surface area contributed by atoms with Crippen LogP contribution < -0.4 is 0 Å². The number of methoxy groups -OCH3 is 1. The monoisotopic (exact) mass is 382 g/mol. The number of benzene rings is 1. The molecular formula is C20H34O5Si. The van der Waals surface area contributed by atoms with Crippen molar-refractivity contribution in [2.75, 3.05) is 20.3 Å². The molecule has 6 heteroatoms. The van der Waals surface area contributed by atoms with Crippen LogP contribution in [0.15, 0.2) is 30.3 Å². The molecule has 1 heterocycles. The van der Waals surface area contributed by atoms with Crippen molar-refractivity contribution in [3.05, 3.63) is 35.9 Å². The third kappa shape index (κ3) is 5.15. The van der Waals surface area contributed by atoms with Crippen LogP contribution >= 0.6 is 0 Å². The number of rotatable bonds is 8. The summed E-state index contributed by atoms with van der Waals surface area (Å²) in [7, 11) is -0.296. The zero-order valence-corrected chi connectivity index (χ0v) is 17.9. The Bertz CT molecular complexity index is 543. The minimum atomic E-state index is -1.89. The minimum absolute atomic E-state index is 0.0471. The minimum Gasteiger partial charge on any atom is -0.414 e. The molecule has 1 aromatic rings. The molecule has 26 heavy (non-hydrogen) atoms. The summed E-state index contributed by atoms with van der Waals surface area (Å²) in [6.07, 6.45) is -1.00. The van der Waals surface area contributed by atoms with Gasteiger partial charge in [-0.3, -0.25) is 0 Å². The highest BCUT2D eigenvalue weighted by Crippen LogP contribution is 2.38. The fraction of sp³-hybridized carbons (Fsp3) is 0.700. The Labute approximate surface area is 158 Å². The molecule has 0 spiro atoms. The van der Waals surface area contributed by atoms with E-state index in [9.17, 15) is 5.11 Å². The summed E-state index contributed by atoms with van der Waals surface area (Å²) in [5.74, 6) is -0.225. The van der Waals surface area contributed by atoms with E-state index in [0.717, 1.165) is 5.56 Å². The van der Waals surface area contributed by atoms with Crippen molar-refractivity contribution in [1.82, 2.24) is 0 Å². The van der Waals surface area contributed by atoms with Crippen molar-refractivity contribution in [2.24, 2.45) is 5.92 Å². The van der Waals surface area contributed by atoms with Crippen LogP contribution in [0.3, 0.4) is 0 Å². The first-order valence-electron chi connectivity index (χ1n) is 9.28. The standard InChI is InChI=1S/C20H34O5Si/c1-20(2,3)26(5,6)24-14-17-18(16(12-21)19(22-4)25-17)23-13-15-10-8-7-9-11-15/h7-11,16-19,21H,12-14H2,1-6H3/t16-,17-,18+,19?/m1/s1. The number of aliphatic hydroxyl groups is 1. The van der Waals surface area contributed by atoms with Gasteiger partial charge in [0.2, 0.25) is 0 Å². The summed E-state index contributed by atoms with van der Waals surface area (Å²) < 4.78 is 23.9. The second kappa shape index (κ2) is 8.95. The van der Waals surface area contributed by atoms with E-state index < -0.39 is 14.6 Å². The summed E-state index contributed by atoms with van der Waals surface area (Å²) in [5, 5.41) is 9.97. The normalized spacial score (nSPS) is 27.0. The number of aliphatic hydroxyl groups excluding tert-OH is 1. The molecule has 1 fully saturated rings. The summed E-state index contributed by atoms with van der Waals surface area (Å²) in [6.45, 7) is 12.0. The van der Waals surface area contributed by atoms with Crippen molar-refractivity contribution in [3.8, 4) is 0 Å². The summed E-state index contributed by atoms with van der Waals surface area (Å²) >= 11 is 0. The van der Waals surface area contributed by atoms with Gasteiger partial charge in [-0.05, 0) is 23.7 Å².